The summed E-state index contributed by atoms with van der Waals surface area (Å²) in [7, 11) is -1.93. The molecule has 0 bridgehead atoms. The van der Waals surface area contributed by atoms with Gasteiger partial charge in [-0.05, 0) is 31.0 Å². The van der Waals surface area contributed by atoms with E-state index < -0.39 is 10.0 Å². The first-order valence-corrected chi connectivity index (χ1v) is 7.71. The number of ether oxygens (including phenoxy) is 1. The maximum absolute atomic E-state index is 12.4. The molecule has 19 heavy (non-hydrogen) atoms. The highest BCUT2D eigenvalue weighted by molar-refractivity contribution is 7.89. The summed E-state index contributed by atoms with van der Waals surface area (Å²) in [5, 5.41) is 0. The number of benzene rings is 1. The van der Waals surface area contributed by atoms with Crippen LogP contribution in [-0.2, 0) is 21.3 Å². The van der Waals surface area contributed by atoms with Crippen molar-refractivity contribution >= 4 is 10.0 Å². The Kier molecular flexibility index (Phi) is 5.93. The highest BCUT2D eigenvalue weighted by Crippen LogP contribution is 2.20. The van der Waals surface area contributed by atoms with E-state index in [1.54, 1.807) is 26.1 Å². The van der Waals surface area contributed by atoms with E-state index in [4.69, 9.17) is 10.5 Å². The van der Waals surface area contributed by atoms with Crippen molar-refractivity contribution in [1.29, 1.82) is 0 Å². The predicted molar refractivity (Wildman–Crippen MR) is 75.4 cm³/mol. The highest BCUT2D eigenvalue weighted by Gasteiger charge is 2.22. The zero-order valence-corrected chi connectivity index (χ0v) is 12.5. The summed E-state index contributed by atoms with van der Waals surface area (Å²) < 4.78 is 31.4. The van der Waals surface area contributed by atoms with Gasteiger partial charge in [0, 0.05) is 26.7 Å². The second-order valence-corrected chi connectivity index (χ2v) is 6.34. The van der Waals surface area contributed by atoms with Crippen LogP contribution < -0.4 is 5.73 Å². The van der Waals surface area contributed by atoms with Crippen molar-refractivity contribution in [3.05, 3.63) is 29.3 Å². The average Bonchev–Trinajstić information content (AvgIpc) is 2.39. The van der Waals surface area contributed by atoms with Gasteiger partial charge >= 0.3 is 0 Å². The zero-order valence-electron chi connectivity index (χ0n) is 11.7. The Morgan fingerprint density at radius 3 is 2.63 bits per heavy atom. The third-order valence-corrected chi connectivity index (χ3v) is 4.93. The predicted octanol–water partition coefficient (Wildman–Crippen LogP) is 1.11. The maximum Gasteiger partial charge on any atom is 0.243 e. The minimum absolute atomic E-state index is 0.314. The standard InChI is InChI=1S/C13H22N2O3S/c1-4-18-8-7-15(3)19(16,17)13-9-12(10-14)6-5-11(13)2/h5-6,9H,4,7-8,10,14H2,1-3H3. The quantitative estimate of drug-likeness (QED) is 0.762. The number of nitrogens with zero attached hydrogens (tertiary/aromatic N) is 1. The second kappa shape index (κ2) is 7.00. The Bertz CT molecular complexity index is 515. The van der Waals surface area contributed by atoms with E-state index in [0.717, 1.165) is 11.1 Å². The molecule has 0 saturated heterocycles. The van der Waals surface area contributed by atoms with Crippen molar-refractivity contribution in [2.45, 2.75) is 25.3 Å². The highest BCUT2D eigenvalue weighted by atomic mass is 32.2. The van der Waals surface area contributed by atoms with Gasteiger partial charge in [0.15, 0.2) is 0 Å². The molecule has 0 aliphatic heterocycles. The van der Waals surface area contributed by atoms with Crippen molar-refractivity contribution in [3.63, 3.8) is 0 Å². The van der Waals surface area contributed by atoms with E-state index in [1.807, 2.05) is 13.0 Å². The fraction of sp³-hybridized carbons (Fsp3) is 0.538. The molecule has 0 heterocycles. The number of nitrogens with two attached hydrogens (primary N) is 1. The lowest BCUT2D eigenvalue weighted by molar-refractivity contribution is 0.138. The molecule has 0 fully saturated rings. The first kappa shape index (κ1) is 16.1. The summed E-state index contributed by atoms with van der Waals surface area (Å²) >= 11 is 0. The lowest BCUT2D eigenvalue weighted by atomic mass is 10.1. The molecule has 0 amide bonds. The van der Waals surface area contributed by atoms with Crippen molar-refractivity contribution in [3.8, 4) is 0 Å². The number of rotatable bonds is 7. The van der Waals surface area contributed by atoms with Gasteiger partial charge in [-0.15, -0.1) is 0 Å². The van der Waals surface area contributed by atoms with Gasteiger partial charge in [0.2, 0.25) is 10.0 Å². The lowest BCUT2D eigenvalue weighted by Crippen LogP contribution is -2.31. The van der Waals surface area contributed by atoms with Crippen LogP contribution in [-0.4, -0.2) is 39.5 Å². The van der Waals surface area contributed by atoms with Crippen molar-refractivity contribution in [2.75, 3.05) is 26.8 Å². The molecule has 0 aromatic heterocycles. The Balaban J connectivity index is 2.99. The molecule has 6 heteroatoms. The molecule has 1 aromatic rings. The van der Waals surface area contributed by atoms with Crippen LogP contribution in [0.4, 0.5) is 0 Å². The van der Waals surface area contributed by atoms with E-state index in [1.165, 1.54) is 4.31 Å². The van der Waals surface area contributed by atoms with Crippen LogP contribution >= 0.6 is 0 Å². The molecule has 0 spiro atoms. The van der Waals surface area contributed by atoms with Crippen molar-refractivity contribution in [2.24, 2.45) is 5.73 Å². The third kappa shape index (κ3) is 4.01. The van der Waals surface area contributed by atoms with Gasteiger partial charge in [-0.1, -0.05) is 12.1 Å². The minimum Gasteiger partial charge on any atom is -0.380 e. The largest absolute Gasteiger partial charge is 0.380 e. The Morgan fingerprint density at radius 1 is 1.37 bits per heavy atom. The molecule has 0 unspecified atom stereocenters. The molecule has 5 nitrogen and oxygen atoms in total. The Morgan fingerprint density at radius 2 is 2.05 bits per heavy atom. The van der Waals surface area contributed by atoms with Crippen LogP contribution in [0, 0.1) is 6.92 Å². The van der Waals surface area contributed by atoms with Gasteiger partial charge in [-0.3, -0.25) is 0 Å². The number of sulfonamides is 1. The average molecular weight is 286 g/mol. The molecule has 0 radical (unpaired) electrons. The van der Waals surface area contributed by atoms with Crippen LogP contribution in [0.5, 0.6) is 0 Å². The second-order valence-electron chi connectivity index (χ2n) is 4.33. The molecule has 2 N–H and O–H groups in total. The summed E-state index contributed by atoms with van der Waals surface area (Å²) in [5.74, 6) is 0. The van der Waals surface area contributed by atoms with Crippen LogP contribution in [0.15, 0.2) is 23.1 Å². The summed E-state index contributed by atoms with van der Waals surface area (Å²) in [5.41, 5.74) is 7.09. The van der Waals surface area contributed by atoms with E-state index >= 15 is 0 Å². The van der Waals surface area contributed by atoms with Gasteiger partial charge in [-0.2, -0.15) is 4.31 Å². The Hall–Kier alpha value is -0.950. The van der Waals surface area contributed by atoms with Crippen molar-refractivity contribution < 1.29 is 13.2 Å². The van der Waals surface area contributed by atoms with Gasteiger partial charge in [0.05, 0.1) is 11.5 Å². The smallest absolute Gasteiger partial charge is 0.243 e. The molecule has 0 aliphatic rings. The molecule has 108 valence electrons. The van der Waals surface area contributed by atoms with E-state index in [-0.39, 0.29) is 0 Å². The fourth-order valence-corrected chi connectivity index (χ4v) is 3.10. The molecule has 0 saturated carbocycles. The normalized spacial score (nSPS) is 12.1. The number of likely N-dealkylation sites (N-methyl/N-ethyl adjacent to an activating group) is 1. The van der Waals surface area contributed by atoms with E-state index in [0.29, 0.717) is 31.2 Å². The summed E-state index contributed by atoms with van der Waals surface area (Å²) in [6.45, 7) is 5.29. The van der Waals surface area contributed by atoms with Crippen LogP contribution in [0.2, 0.25) is 0 Å². The monoisotopic (exact) mass is 286 g/mol. The Labute approximate surface area is 115 Å². The maximum atomic E-state index is 12.4. The minimum atomic E-state index is -3.48. The van der Waals surface area contributed by atoms with Gasteiger partial charge in [-0.25, -0.2) is 8.42 Å². The zero-order chi connectivity index (χ0) is 14.5. The number of hydrogen-bond acceptors (Lipinski definition) is 4. The van der Waals surface area contributed by atoms with Crippen LogP contribution in [0.1, 0.15) is 18.1 Å². The first-order chi connectivity index (χ1) is 8.93. The van der Waals surface area contributed by atoms with Gasteiger partial charge < -0.3 is 10.5 Å². The van der Waals surface area contributed by atoms with E-state index in [9.17, 15) is 8.42 Å². The number of hydrogen-bond donors (Lipinski definition) is 1. The fourth-order valence-electron chi connectivity index (χ4n) is 1.67. The summed E-state index contributed by atoms with van der Waals surface area (Å²) in [6, 6.07) is 5.27. The van der Waals surface area contributed by atoms with Crippen LogP contribution in [0.25, 0.3) is 0 Å². The molecule has 1 aromatic carbocycles. The van der Waals surface area contributed by atoms with Gasteiger partial charge in [0.25, 0.3) is 0 Å². The lowest BCUT2D eigenvalue weighted by Gasteiger charge is -2.19. The molecular formula is C13H22N2O3S. The first-order valence-electron chi connectivity index (χ1n) is 6.27. The van der Waals surface area contributed by atoms with Gasteiger partial charge in [0.1, 0.15) is 0 Å². The van der Waals surface area contributed by atoms with Crippen molar-refractivity contribution in [1.82, 2.24) is 4.31 Å². The topological polar surface area (TPSA) is 72.6 Å². The van der Waals surface area contributed by atoms with Crippen LogP contribution in [0.3, 0.4) is 0 Å². The third-order valence-electron chi connectivity index (χ3n) is 2.93. The summed E-state index contributed by atoms with van der Waals surface area (Å²) in [4.78, 5) is 0.314. The molecule has 0 aliphatic carbocycles. The van der Waals surface area contributed by atoms with E-state index in [2.05, 4.69) is 0 Å². The molecule has 0 atom stereocenters. The number of aryl methyl sites for hydroxylation is 1. The summed E-state index contributed by atoms with van der Waals surface area (Å²) in [6.07, 6.45) is 0. The SMILES string of the molecule is CCOCCN(C)S(=O)(=O)c1cc(CN)ccc1C. The molecule has 1 rings (SSSR count). The molecular weight excluding hydrogens is 264 g/mol.